The van der Waals surface area contributed by atoms with E-state index in [1.807, 2.05) is 0 Å². The van der Waals surface area contributed by atoms with Crippen LogP contribution in [0.2, 0.25) is 0 Å². The average molecular weight is 212 g/mol. The number of aliphatic carboxylic acids is 1. The van der Waals surface area contributed by atoms with Crippen LogP contribution in [-0.4, -0.2) is 47.6 Å². The van der Waals surface area contributed by atoms with Crippen LogP contribution in [0.3, 0.4) is 0 Å². The predicted octanol–water partition coefficient (Wildman–Crippen LogP) is -0.329. The van der Waals surface area contributed by atoms with Crippen LogP contribution in [-0.2, 0) is 9.59 Å². The standard InChI is InChI=1S/C10H16N2O3/c13-9(7-5-11-6-7)12-4-2-1-3-8(12)10(14)15/h7-8,11H,1-6H2,(H,14,15). The molecule has 2 aliphatic heterocycles. The van der Waals surface area contributed by atoms with Crippen molar-refractivity contribution in [2.45, 2.75) is 25.3 Å². The van der Waals surface area contributed by atoms with E-state index in [1.165, 1.54) is 0 Å². The van der Waals surface area contributed by atoms with E-state index in [2.05, 4.69) is 5.32 Å². The maximum atomic E-state index is 11.9. The number of carbonyl (C=O) groups is 2. The highest BCUT2D eigenvalue weighted by Gasteiger charge is 2.37. The third-order valence-electron chi connectivity index (χ3n) is 3.20. The number of hydrogen-bond acceptors (Lipinski definition) is 3. The number of piperidine rings is 1. The molecule has 1 unspecified atom stereocenters. The first kappa shape index (κ1) is 10.4. The molecule has 0 aromatic carbocycles. The summed E-state index contributed by atoms with van der Waals surface area (Å²) in [5.74, 6) is -0.846. The van der Waals surface area contributed by atoms with Crippen molar-refractivity contribution in [1.29, 1.82) is 0 Å². The second-order valence-electron chi connectivity index (χ2n) is 4.24. The highest BCUT2D eigenvalue weighted by atomic mass is 16.4. The molecule has 0 aliphatic carbocycles. The van der Waals surface area contributed by atoms with E-state index < -0.39 is 12.0 Å². The van der Waals surface area contributed by atoms with Gasteiger partial charge < -0.3 is 15.3 Å². The predicted molar refractivity (Wildman–Crippen MR) is 53.3 cm³/mol. The van der Waals surface area contributed by atoms with Crippen molar-refractivity contribution >= 4 is 11.9 Å². The maximum Gasteiger partial charge on any atom is 0.326 e. The number of rotatable bonds is 2. The monoisotopic (exact) mass is 212 g/mol. The lowest BCUT2D eigenvalue weighted by Gasteiger charge is -2.38. The lowest BCUT2D eigenvalue weighted by atomic mass is 9.96. The molecule has 0 radical (unpaired) electrons. The number of likely N-dealkylation sites (tertiary alicyclic amines) is 1. The summed E-state index contributed by atoms with van der Waals surface area (Å²) in [5, 5.41) is 12.1. The third kappa shape index (κ3) is 1.97. The van der Waals surface area contributed by atoms with Gasteiger partial charge in [-0.15, -0.1) is 0 Å². The van der Waals surface area contributed by atoms with E-state index in [0.29, 0.717) is 26.1 Å². The van der Waals surface area contributed by atoms with Gasteiger partial charge in [0.1, 0.15) is 6.04 Å². The molecule has 15 heavy (non-hydrogen) atoms. The molecule has 2 aliphatic rings. The summed E-state index contributed by atoms with van der Waals surface area (Å²) in [5.41, 5.74) is 0. The summed E-state index contributed by atoms with van der Waals surface area (Å²) >= 11 is 0. The Bertz CT molecular complexity index is 276. The van der Waals surface area contributed by atoms with Crippen molar-refractivity contribution in [1.82, 2.24) is 10.2 Å². The largest absolute Gasteiger partial charge is 0.480 e. The van der Waals surface area contributed by atoms with E-state index in [-0.39, 0.29) is 11.8 Å². The van der Waals surface area contributed by atoms with Crippen LogP contribution < -0.4 is 5.32 Å². The minimum atomic E-state index is -0.865. The molecule has 0 bridgehead atoms. The van der Waals surface area contributed by atoms with Crippen LogP contribution in [0.15, 0.2) is 0 Å². The van der Waals surface area contributed by atoms with Gasteiger partial charge in [-0.05, 0) is 19.3 Å². The number of nitrogens with zero attached hydrogens (tertiary/aromatic N) is 1. The Morgan fingerprint density at radius 1 is 1.27 bits per heavy atom. The van der Waals surface area contributed by atoms with E-state index in [4.69, 9.17) is 5.11 Å². The zero-order chi connectivity index (χ0) is 10.8. The van der Waals surface area contributed by atoms with Gasteiger partial charge in [0.15, 0.2) is 0 Å². The summed E-state index contributed by atoms with van der Waals surface area (Å²) in [6.45, 7) is 2.00. The number of amides is 1. The summed E-state index contributed by atoms with van der Waals surface area (Å²) in [4.78, 5) is 24.5. The van der Waals surface area contributed by atoms with Gasteiger partial charge in [0.25, 0.3) is 0 Å². The maximum absolute atomic E-state index is 11.9. The molecule has 5 heteroatoms. The van der Waals surface area contributed by atoms with Gasteiger partial charge in [-0.1, -0.05) is 0 Å². The Morgan fingerprint density at radius 3 is 2.53 bits per heavy atom. The minimum absolute atomic E-state index is 0.00458. The second kappa shape index (κ2) is 4.18. The molecule has 84 valence electrons. The molecule has 0 aromatic rings. The SMILES string of the molecule is O=C(O)C1CCCCN1C(=O)C1CNC1. The first-order valence-electron chi connectivity index (χ1n) is 5.44. The zero-order valence-corrected chi connectivity index (χ0v) is 8.61. The summed E-state index contributed by atoms with van der Waals surface area (Å²) < 4.78 is 0. The fourth-order valence-corrected chi connectivity index (χ4v) is 2.15. The molecule has 0 saturated carbocycles. The van der Waals surface area contributed by atoms with Gasteiger partial charge in [0, 0.05) is 19.6 Å². The van der Waals surface area contributed by atoms with Crippen LogP contribution in [0.25, 0.3) is 0 Å². The van der Waals surface area contributed by atoms with E-state index in [9.17, 15) is 9.59 Å². The smallest absolute Gasteiger partial charge is 0.326 e. The van der Waals surface area contributed by atoms with Crippen molar-refractivity contribution in [2.24, 2.45) is 5.92 Å². The van der Waals surface area contributed by atoms with Gasteiger partial charge in [-0.25, -0.2) is 4.79 Å². The molecule has 2 saturated heterocycles. The van der Waals surface area contributed by atoms with E-state index in [0.717, 1.165) is 12.8 Å². The molecule has 0 aromatic heterocycles. The lowest BCUT2D eigenvalue weighted by Crippen LogP contribution is -2.57. The first-order valence-corrected chi connectivity index (χ1v) is 5.44. The summed E-state index contributed by atoms with van der Waals surface area (Å²) in [6, 6.07) is -0.591. The van der Waals surface area contributed by atoms with Gasteiger partial charge in [-0.2, -0.15) is 0 Å². The van der Waals surface area contributed by atoms with Crippen molar-refractivity contribution in [3.8, 4) is 0 Å². The van der Waals surface area contributed by atoms with Gasteiger partial charge in [0.2, 0.25) is 5.91 Å². The Balaban J connectivity index is 2.03. The fourth-order valence-electron chi connectivity index (χ4n) is 2.15. The van der Waals surface area contributed by atoms with E-state index >= 15 is 0 Å². The quantitative estimate of drug-likeness (QED) is 0.657. The van der Waals surface area contributed by atoms with Crippen molar-refractivity contribution < 1.29 is 14.7 Å². The van der Waals surface area contributed by atoms with Crippen LogP contribution >= 0.6 is 0 Å². The Hall–Kier alpha value is -1.10. The minimum Gasteiger partial charge on any atom is -0.480 e. The Morgan fingerprint density at radius 2 is 2.00 bits per heavy atom. The first-order chi connectivity index (χ1) is 7.20. The van der Waals surface area contributed by atoms with E-state index in [1.54, 1.807) is 4.90 Å². The highest BCUT2D eigenvalue weighted by molar-refractivity contribution is 5.86. The van der Waals surface area contributed by atoms with Crippen LogP contribution in [0.5, 0.6) is 0 Å². The molecule has 0 spiro atoms. The lowest BCUT2D eigenvalue weighted by molar-refractivity contribution is -0.154. The second-order valence-corrected chi connectivity index (χ2v) is 4.24. The van der Waals surface area contributed by atoms with Crippen molar-refractivity contribution in [3.63, 3.8) is 0 Å². The van der Waals surface area contributed by atoms with Gasteiger partial charge in [-0.3, -0.25) is 4.79 Å². The molecule has 1 amide bonds. The molecule has 2 fully saturated rings. The Kier molecular flexibility index (Phi) is 2.90. The summed E-state index contributed by atoms with van der Waals surface area (Å²) in [7, 11) is 0. The molecule has 5 nitrogen and oxygen atoms in total. The molecular weight excluding hydrogens is 196 g/mol. The molecule has 2 heterocycles. The highest BCUT2D eigenvalue weighted by Crippen LogP contribution is 2.20. The molecule has 2 N–H and O–H groups in total. The third-order valence-corrected chi connectivity index (χ3v) is 3.20. The van der Waals surface area contributed by atoms with Crippen LogP contribution in [0.4, 0.5) is 0 Å². The normalized spacial score (nSPS) is 27.2. The average Bonchev–Trinajstić information content (AvgIpc) is 2.15. The van der Waals surface area contributed by atoms with Crippen LogP contribution in [0.1, 0.15) is 19.3 Å². The Labute approximate surface area is 88.4 Å². The number of nitrogens with one attached hydrogen (secondary N) is 1. The van der Waals surface area contributed by atoms with Gasteiger partial charge in [0.05, 0.1) is 5.92 Å². The number of carboxylic acids is 1. The molecular formula is C10H16N2O3. The van der Waals surface area contributed by atoms with Crippen LogP contribution in [0, 0.1) is 5.92 Å². The number of carboxylic acid groups (broad SMARTS) is 1. The fraction of sp³-hybridized carbons (Fsp3) is 0.800. The zero-order valence-electron chi connectivity index (χ0n) is 8.61. The molecule has 2 rings (SSSR count). The summed E-state index contributed by atoms with van der Waals surface area (Å²) in [6.07, 6.45) is 2.43. The number of carbonyl (C=O) groups excluding carboxylic acids is 1. The van der Waals surface area contributed by atoms with Gasteiger partial charge >= 0.3 is 5.97 Å². The number of hydrogen-bond donors (Lipinski definition) is 2. The van der Waals surface area contributed by atoms with Crippen molar-refractivity contribution in [2.75, 3.05) is 19.6 Å². The topological polar surface area (TPSA) is 69.6 Å². The molecule has 1 atom stereocenters. The van der Waals surface area contributed by atoms with Crippen molar-refractivity contribution in [3.05, 3.63) is 0 Å².